The number of unbranched alkanes of at least 4 members (excludes halogenated alkanes) is 2. The highest BCUT2D eigenvalue weighted by molar-refractivity contribution is 5.87. The van der Waals surface area contributed by atoms with E-state index in [0.717, 1.165) is 25.5 Å². The first-order valence-corrected chi connectivity index (χ1v) is 12.4. The molecule has 0 spiro atoms. The van der Waals surface area contributed by atoms with E-state index in [2.05, 4.69) is 16.0 Å². The van der Waals surface area contributed by atoms with Crippen molar-refractivity contribution in [2.75, 3.05) is 13.1 Å². The van der Waals surface area contributed by atoms with E-state index in [1.54, 1.807) is 0 Å². The molecule has 0 aromatic carbocycles. The smallest absolute Gasteiger partial charge is 0.242 e. The minimum absolute atomic E-state index is 0.00682. The second kappa shape index (κ2) is 19.9. The van der Waals surface area contributed by atoms with Crippen LogP contribution in [-0.2, 0) is 28.8 Å². The van der Waals surface area contributed by atoms with Crippen molar-refractivity contribution in [3.8, 4) is 0 Å². The van der Waals surface area contributed by atoms with Gasteiger partial charge < -0.3 is 30.3 Å². The van der Waals surface area contributed by atoms with Crippen molar-refractivity contribution in [1.82, 2.24) is 16.0 Å². The van der Waals surface area contributed by atoms with Gasteiger partial charge in [-0.3, -0.25) is 14.4 Å². The Bertz CT molecular complexity index is 665. The van der Waals surface area contributed by atoms with Crippen LogP contribution < -0.4 is 16.0 Å². The van der Waals surface area contributed by atoms with Gasteiger partial charge in [0.1, 0.15) is 23.9 Å². The van der Waals surface area contributed by atoms with Crippen LogP contribution in [0.25, 0.3) is 0 Å². The van der Waals surface area contributed by atoms with Crippen molar-refractivity contribution < 1.29 is 28.8 Å². The molecule has 2 atom stereocenters. The summed E-state index contributed by atoms with van der Waals surface area (Å²) in [5.41, 5.74) is 0. The van der Waals surface area contributed by atoms with Gasteiger partial charge in [0.05, 0.1) is 0 Å². The van der Waals surface area contributed by atoms with Gasteiger partial charge in [-0.05, 0) is 58.8 Å². The molecule has 34 heavy (non-hydrogen) atoms. The number of nitrogens with one attached hydrogen (secondary N) is 3. The van der Waals surface area contributed by atoms with Crippen molar-refractivity contribution in [3.63, 3.8) is 0 Å². The van der Waals surface area contributed by atoms with Crippen LogP contribution in [0.4, 0.5) is 0 Å². The van der Waals surface area contributed by atoms with Gasteiger partial charge in [-0.1, -0.05) is 13.3 Å². The lowest BCUT2D eigenvalue weighted by molar-refractivity contribution is -0.129. The molecule has 0 unspecified atom stereocenters. The minimum atomic E-state index is -0.676. The summed E-state index contributed by atoms with van der Waals surface area (Å²) in [5, 5.41) is 8.43. The molecular weight excluding hydrogens is 438 g/mol. The molecule has 9 heteroatoms. The molecule has 0 bridgehead atoms. The van der Waals surface area contributed by atoms with Gasteiger partial charge >= 0.3 is 0 Å². The number of carbonyl (C=O) groups excluding carboxylic acids is 6. The molecule has 0 aliphatic carbocycles. The molecule has 0 heterocycles. The lowest BCUT2D eigenvalue weighted by Gasteiger charge is -2.19. The number of carbonyl (C=O) groups is 6. The highest BCUT2D eigenvalue weighted by Gasteiger charge is 2.20. The third kappa shape index (κ3) is 18.9. The second-order valence-corrected chi connectivity index (χ2v) is 8.98. The molecule has 0 aromatic heterocycles. The van der Waals surface area contributed by atoms with Crippen LogP contribution in [0.3, 0.4) is 0 Å². The Morgan fingerprint density at radius 1 is 0.676 bits per heavy atom. The number of rotatable bonds is 21. The van der Waals surface area contributed by atoms with Gasteiger partial charge in [0, 0.05) is 44.7 Å². The molecule has 9 nitrogen and oxygen atoms in total. The number of ketones is 2. The monoisotopic (exact) mass is 481 g/mol. The summed E-state index contributed by atoms with van der Waals surface area (Å²) in [6, 6.07) is -0.676. The fraction of sp³-hybridized carbons (Fsp3) is 0.760. The minimum Gasteiger partial charge on any atom is -0.356 e. The van der Waals surface area contributed by atoms with Crippen molar-refractivity contribution in [2.45, 2.75) is 104 Å². The quantitative estimate of drug-likeness (QED) is 0.170. The Morgan fingerprint density at radius 2 is 1.21 bits per heavy atom. The van der Waals surface area contributed by atoms with Gasteiger partial charge in [-0.15, -0.1) is 0 Å². The predicted octanol–water partition coefficient (Wildman–Crippen LogP) is 2.40. The Labute approximate surface area is 203 Å². The van der Waals surface area contributed by atoms with E-state index < -0.39 is 6.04 Å². The average Bonchev–Trinajstić information content (AvgIpc) is 2.76. The van der Waals surface area contributed by atoms with Gasteiger partial charge in [0.15, 0.2) is 0 Å². The lowest BCUT2D eigenvalue weighted by atomic mass is 10.1. The molecule has 0 aliphatic heterocycles. The molecule has 0 aliphatic rings. The number of Topliss-reactive ketones (excluding diaryl/α,β-unsaturated/α-hetero) is 2. The van der Waals surface area contributed by atoms with E-state index in [9.17, 15) is 28.8 Å². The van der Waals surface area contributed by atoms with E-state index in [0.29, 0.717) is 64.5 Å². The SMILES string of the molecule is CC(=O)CCCC(=O)NCCCC[C@H](NC(=O)CCCC(C)=O)C(=O)NCCCC[C@H](C)C=O. The zero-order valence-electron chi connectivity index (χ0n) is 21.1. The van der Waals surface area contributed by atoms with Crippen LogP contribution in [0, 0.1) is 5.92 Å². The molecule has 3 amide bonds. The maximum Gasteiger partial charge on any atom is 0.242 e. The van der Waals surface area contributed by atoms with Crippen LogP contribution in [-0.4, -0.2) is 54.7 Å². The zero-order valence-corrected chi connectivity index (χ0v) is 21.1. The molecule has 0 aromatic rings. The van der Waals surface area contributed by atoms with Crippen molar-refractivity contribution in [1.29, 1.82) is 0 Å². The molecule has 0 rings (SSSR count). The first-order chi connectivity index (χ1) is 16.1. The standard InChI is InChI=1S/C25H43N3O6/c1-19(18-29)10-4-6-17-27-25(34)22(28-24(33)15-9-12-21(3)31)13-5-7-16-26-23(32)14-8-11-20(2)30/h18-19,22H,4-17H2,1-3H3,(H,26,32)(H,27,34)(H,28,33)/t19-,22-/m0/s1. The summed E-state index contributed by atoms with van der Waals surface area (Å²) in [6.07, 6.45) is 7.20. The summed E-state index contributed by atoms with van der Waals surface area (Å²) in [7, 11) is 0. The fourth-order valence-electron chi connectivity index (χ4n) is 3.31. The van der Waals surface area contributed by atoms with Crippen LogP contribution in [0.1, 0.15) is 97.8 Å². The van der Waals surface area contributed by atoms with Crippen LogP contribution in [0.15, 0.2) is 0 Å². The molecule has 0 radical (unpaired) electrons. The van der Waals surface area contributed by atoms with Gasteiger partial charge in [-0.2, -0.15) is 0 Å². The Kier molecular flexibility index (Phi) is 18.3. The maximum atomic E-state index is 12.6. The molecular formula is C25H43N3O6. The highest BCUT2D eigenvalue weighted by Crippen LogP contribution is 2.06. The predicted molar refractivity (Wildman–Crippen MR) is 130 cm³/mol. The third-order valence-electron chi connectivity index (χ3n) is 5.38. The van der Waals surface area contributed by atoms with E-state index in [-0.39, 0.29) is 41.6 Å². The number of hydrogen-bond acceptors (Lipinski definition) is 6. The Balaban J connectivity index is 4.43. The second-order valence-electron chi connectivity index (χ2n) is 8.98. The van der Waals surface area contributed by atoms with Crippen LogP contribution >= 0.6 is 0 Å². The van der Waals surface area contributed by atoms with Crippen molar-refractivity contribution >= 4 is 35.6 Å². The molecule has 3 N–H and O–H groups in total. The zero-order chi connectivity index (χ0) is 25.8. The van der Waals surface area contributed by atoms with Gasteiger partial charge in [0.25, 0.3) is 0 Å². The largest absolute Gasteiger partial charge is 0.356 e. The maximum absolute atomic E-state index is 12.6. The Morgan fingerprint density at radius 3 is 1.76 bits per heavy atom. The summed E-state index contributed by atoms with van der Waals surface area (Å²) in [5.74, 6) is -0.521. The Hall–Kier alpha value is -2.58. The first-order valence-electron chi connectivity index (χ1n) is 12.4. The number of aldehydes is 1. The first kappa shape index (κ1) is 31.4. The molecule has 0 saturated heterocycles. The number of hydrogen-bond donors (Lipinski definition) is 3. The normalized spacial score (nSPS) is 12.3. The van der Waals surface area contributed by atoms with Gasteiger partial charge in [-0.25, -0.2) is 0 Å². The summed E-state index contributed by atoms with van der Waals surface area (Å²) in [4.78, 5) is 69.3. The van der Waals surface area contributed by atoms with Crippen molar-refractivity contribution in [3.05, 3.63) is 0 Å². The fourth-order valence-corrected chi connectivity index (χ4v) is 3.31. The van der Waals surface area contributed by atoms with Gasteiger partial charge in [0.2, 0.25) is 17.7 Å². The molecule has 0 saturated carbocycles. The molecule has 0 fully saturated rings. The third-order valence-corrected chi connectivity index (χ3v) is 5.38. The van der Waals surface area contributed by atoms with Crippen molar-refractivity contribution in [2.24, 2.45) is 5.92 Å². The highest BCUT2D eigenvalue weighted by atomic mass is 16.2. The topological polar surface area (TPSA) is 139 Å². The van der Waals surface area contributed by atoms with E-state index in [1.165, 1.54) is 13.8 Å². The lowest BCUT2D eigenvalue weighted by Crippen LogP contribution is -2.47. The average molecular weight is 482 g/mol. The van der Waals surface area contributed by atoms with Crippen LogP contribution in [0.2, 0.25) is 0 Å². The van der Waals surface area contributed by atoms with E-state index in [1.807, 2.05) is 6.92 Å². The summed E-state index contributed by atoms with van der Waals surface area (Å²) in [6.45, 7) is 5.77. The van der Waals surface area contributed by atoms with E-state index >= 15 is 0 Å². The molecule has 194 valence electrons. The summed E-state index contributed by atoms with van der Waals surface area (Å²) < 4.78 is 0. The summed E-state index contributed by atoms with van der Waals surface area (Å²) >= 11 is 0. The van der Waals surface area contributed by atoms with Crippen LogP contribution in [0.5, 0.6) is 0 Å². The van der Waals surface area contributed by atoms with E-state index in [4.69, 9.17) is 0 Å². The number of amides is 3.